The van der Waals surface area contributed by atoms with Gasteiger partial charge >= 0.3 is 0 Å². The summed E-state index contributed by atoms with van der Waals surface area (Å²) in [5.41, 5.74) is 0. The van der Waals surface area contributed by atoms with E-state index in [1.54, 1.807) is 13.8 Å². The first-order valence-corrected chi connectivity index (χ1v) is 3.81. The molecule has 0 saturated heterocycles. The molecule has 1 rings (SSSR count). The minimum absolute atomic E-state index is 0.0784. The number of Topliss-reactive ketones (excluding diaryl/α,β-unsaturated/α-hetero) is 1. The lowest BCUT2D eigenvalue weighted by molar-refractivity contribution is 0.0927. The molecule has 1 aromatic rings. The summed E-state index contributed by atoms with van der Waals surface area (Å²) in [6.45, 7) is 3.41. The van der Waals surface area contributed by atoms with Crippen molar-refractivity contribution in [2.75, 3.05) is 0 Å². The van der Waals surface area contributed by atoms with Crippen LogP contribution in [0.3, 0.4) is 0 Å². The molecule has 5 heteroatoms. The first-order valence-electron chi connectivity index (χ1n) is 3.81. The SMILES string of the molecule is CC(C)C(=O)c1ncc(O)c(O)n1. The van der Waals surface area contributed by atoms with Crippen LogP contribution in [-0.4, -0.2) is 26.0 Å². The fourth-order valence-electron chi connectivity index (χ4n) is 0.743. The summed E-state index contributed by atoms with van der Waals surface area (Å²) >= 11 is 0. The monoisotopic (exact) mass is 182 g/mol. The second kappa shape index (κ2) is 3.38. The molecule has 0 aliphatic carbocycles. The van der Waals surface area contributed by atoms with E-state index < -0.39 is 11.6 Å². The van der Waals surface area contributed by atoms with Crippen molar-refractivity contribution in [3.63, 3.8) is 0 Å². The van der Waals surface area contributed by atoms with Crippen molar-refractivity contribution in [2.45, 2.75) is 13.8 Å². The molecule has 5 nitrogen and oxygen atoms in total. The maximum atomic E-state index is 11.3. The average Bonchev–Trinajstić information content (AvgIpc) is 2.08. The Bertz CT molecular complexity index is 336. The Labute approximate surface area is 75.1 Å². The van der Waals surface area contributed by atoms with Crippen LogP contribution in [0.2, 0.25) is 0 Å². The summed E-state index contributed by atoms with van der Waals surface area (Å²) in [6, 6.07) is 0. The van der Waals surface area contributed by atoms with E-state index in [9.17, 15) is 4.79 Å². The minimum Gasteiger partial charge on any atom is -0.502 e. The lowest BCUT2D eigenvalue weighted by atomic mass is 10.1. The smallest absolute Gasteiger partial charge is 0.258 e. The third kappa shape index (κ3) is 1.93. The van der Waals surface area contributed by atoms with Crippen LogP contribution in [0.4, 0.5) is 0 Å². The number of rotatable bonds is 2. The van der Waals surface area contributed by atoms with Gasteiger partial charge in [-0.05, 0) is 0 Å². The van der Waals surface area contributed by atoms with E-state index in [1.165, 1.54) is 0 Å². The van der Waals surface area contributed by atoms with Gasteiger partial charge in [0.2, 0.25) is 5.78 Å². The van der Waals surface area contributed by atoms with Crippen LogP contribution in [0.1, 0.15) is 24.5 Å². The van der Waals surface area contributed by atoms with Crippen LogP contribution in [0, 0.1) is 5.92 Å². The molecule has 1 aromatic heterocycles. The van der Waals surface area contributed by atoms with E-state index in [-0.39, 0.29) is 17.5 Å². The second-order valence-corrected chi connectivity index (χ2v) is 2.92. The topological polar surface area (TPSA) is 83.3 Å². The van der Waals surface area contributed by atoms with Gasteiger partial charge in [0.15, 0.2) is 11.6 Å². The Balaban J connectivity index is 3.04. The zero-order valence-electron chi connectivity index (χ0n) is 7.35. The normalized spacial score (nSPS) is 10.4. The Morgan fingerprint density at radius 2 is 2.08 bits per heavy atom. The Morgan fingerprint density at radius 1 is 1.46 bits per heavy atom. The third-order valence-corrected chi connectivity index (χ3v) is 1.49. The van der Waals surface area contributed by atoms with Gasteiger partial charge in [-0.25, -0.2) is 4.98 Å². The Hall–Kier alpha value is -1.65. The molecule has 13 heavy (non-hydrogen) atoms. The highest BCUT2D eigenvalue weighted by Crippen LogP contribution is 2.19. The number of hydrogen-bond donors (Lipinski definition) is 2. The highest BCUT2D eigenvalue weighted by atomic mass is 16.3. The van der Waals surface area contributed by atoms with E-state index >= 15 is 0 Å². The number of ketones is 1. The number of nitrogens with zero attached hydrogens (tertiary/aromatic N) is 2. The largest absolute Gasteiger partial charge is 0.502 e. The molecule has 0 aliphatic heterocycles. The summed E-state index contributed by atoms with van der Waals surface area (Å²) in [5.74, 6) is -1.58. The van der Waals surface area contributed by atoms with Gasteiger partial charge in [0.25, 0.3) is 5.88 Å². The molecule has 0 aromatic carbocycles. The quantitative estimate of drug-likeness (QED) is 0.658. The molecule has 70 valence electrons. The summed E-state index contributed by atoms with van der Waals surface area (Å²) in [6.07, 6.45) is 0.998. The summed E-state index contributed by atoms with van der Waals surface area (Å²) in [4.78, 5) is 18.3. The third-order valence-electron chi connectivity index (χ3n) is 1.49. The molecule has 0 fully saturated rings. The summed E-state index contributed by atoms with van der Waals surface area (Å²) in [7, 11) is 0. The first-order chi connectivity index (χ1) is 6.02. The van der Waals surface area contributed by atoms with Gasteiger partial charge in [0.05, 0.1) is 6.20 Å². The highest BCUT2D eigenvalue weighted by Gasteiger charge is 2.15. The number of hydrogen-bond acceptors (Lipinski definition) is 5. The molecule has 0 aliphatic rings. The molecule has 0 saturated carbocycles. The zero-order valence-corrected chi connectivity index (χ0v) is 7.35. The van der Waals surface area contributed by atoms with Crippen molar-refractivity contribution in [3.8, 4) is 11.6 Å². The predicted molar refractivity (Wildman–Crippen MR) is 44.5 cm³/mol. The highest BCUT2D eigenvalue weighted by molar-refractivity contribution is 5.94. The molecule has 2 N–H and O–H groups in total. The molecule has 0 bridgehead atoms. The van der Waals surface area contributed by atoms with E-state index in [0.29, 0.717) is 0 Å². The summed E-state index contributed by atoms with van der Waals surface area (Å²) < 4.78 is 0. The lowest BCUT2D eigenvalue weighted by Gasteiger charge is -2.02. The molecule has 0 unspecified atom stereocenters. The number of carbonyl (C=O) groups excluding carboxylic acids is 1. The Morgan fingerprint density at radius 3 is 2.54 bits per heavy atom. The fraction of sp³-hybridized carbons (Fsp3) is 0.375. The van der Waals surface area contributed by atoms with Gasteiger partial charge < -0.3 is 10.2 Å². The van der Waals surface area contributed by atoms with Gasteiger partial charge in [0, 0.05) is 5.92 Å². The van der Waals surface area contributed by atoms with Crippen LogP contribution in [0.15, 0.2) is 6.20 Å². The standard InChI is InChI=1S/C8H10N2O3/c1-4(2)6(12)7-9-3-5(11)8(13)10-7/h3-4,11H,1-2H3,(H,9,10,13). The molecular formula is C8H10N2O3. The molecular weight excluding hydrogens is 172 g/mol. The van der Waals surface area contributed by atoms with Gasteiger partial charge in [-0.1, -0.05) is 13.8 Å². The maximum absolute atomic E-state index is 11.3. The Kier molecular flexibility index (Phi) is 2.46. The van der Waals surface area contributed by atoms with Gasteiger partial charge in [-0.2, -0.15) is 4.98 Å². The van der Waals surface area contributed by atoms with Crippen molar-refractivity contribution in [2.24, 2.45) is 5.92 Å². The van der Waals surface area contributed by atoms with Crippen molar-refractivity contribution >= 4 is 5.78 Å². The van der Waals surface area contributed by atoms with Crippen LogP contribution in [0.25, 0.3) is 0 Å². The average molecular weight is 182 g/mol. The van der Waals surface area contributed by atoms with E-state index in [2.05, 4.69) is 9.97 Å². The molecule has 0 spiro atoms. The van der Waals surface area contributed by atoms with E-state index in [1.807, 2.05) is 0 Å². The molecule has 0 amide bonds. The van der Waals surface area contributed by atoms with Crippen molar-refractivity contribution in [1.29, 1.82) is 0 Å². The maximum Gasteiger partial charge on any atom is 0.258 e. The fourth-order valence-corrected chi connectivity index (χ4v) is 0.743. The molecule has 0 radical (unpaired) electrons. The predicted octanol–water partition coefficient (Wildman–Crippen LogP) is 0.726. The number of carbonyl (C=O) groups is 1. The van der Waals surface area contributed by atoms with Gasteiger partial charge in [-0.3, -0.25) is 4.79 Å². The van der Waals surface area contributed by atoms with Crippen LogP contribution < -0.4 is 0 Å². The van der Waals surface area contributed by atoms with Gasteiger partial charge in [0.1, 0.15) is 0 Å². The van der Waals surface area contributed by atoms with Crippen LogP contribution >= 0.6 is 0 Å². The van der Waals surface area contributed by atoms with Crippen LogP contribution in [-0.2, 0) is 0 Å². The second-order valence-electron chi connectivity index (χ2n) is 2.92. The minimum atomic E-state index is -0.570. The first kappa shape index (κ1) is 9.44. The number of aromatic nitrogens is 2. The van der Waals surface area contributed by atoms with E-state index in [0.717, 1.165) is 6.20 Å². The van der Waals surface area contributed by atoms with E-state index in [4.69, 9.17) is 10.2 Å². The summed E-state index contributed by atoms with van der Waals surface area (Å²) in [5, 5.41) is 17.9. The van der Waals surface area contributed by atoms with Crippen molar-refractivity contribution < 1.29 is 15.0 Å². The number of aromatic hydroxyl groups is 2. The van der Waals surface area contributed by atoms with Crippen molar-refractivity contribution in [3.05, 3.63) is 12.0 Å². The van der Waals surface area contributed by atoms with Crippen LogP contribution in [0.5, 0.6) is 11.6 Å². The lowest BCUT2D eigenvalue weighted by Crippen LogP contribution is -2.11. The van der Waals surface area contributed by atoms with Crippen molar-refractivity contribution in [1.82, 2.24) is 9.97 Å². The molecule has 1 heterocycles. The molecule has 0 atom stereocenters. The zero-order chi connectivity index (χ0) is 10.0. The van der Waals surface area contributed by atoms with Gasteiger partial charge in [-0.15, -0.1) is 0 Å².